The smallest absolute Gasteiger partial charge is 0.262 e. The van der Waals surface area contributed by atoms with E-state index < -0.39 is 10.0 Å². The van der Waals surface area contributed by atoms with Crippen molar-refractivity contribution in [3.8, 4) is 0 Å². The summed E-state index contributed by atoms with van der Waals surface area (Å²) in [4.78, 5) is 15.1. The highest BCUT2D eigenvalue weighted by atomic mass is 32.2. The summed E-state index contributed by atoms with van der Waals surface area (Å²) < 4.78 is 29.4. The minimum Gasteiger partial charge on any atom is -0.308 e. The highest BCUT2D eigenvalue weighted by Gasteiger charge is 2.26. The molecule has 0 saturated heterocycles. The highest BCUT2D eigenvalue weighted by Crippen LogP contribution is 2.33. The Hall–Kier alpha value is -3.12. The number of anilines is 2. The fourth-order valence-electron chi connectivity index (χ4n) is 4.40. The Morgan fingerprint density at radius 1 is 0.906 bits per heavy atom. The maximum absolute atomic E-state index is 13.3. The van der Waals surface area contributed by atoms with E-state index in [1.807, 2.05) is 76.2 Å². The monoisotopic (exact) mass is 448 g/mol. The van der Waals surface area contributed by atoms with E-state index in [2.05, 4.69) is 4.72 Å². The first-order chi connectivity index (χ1) is 15.2. The van der Waals surface area contributed by atoms with Gasteiger partial charge in [0.25, 0.3) is 15.9 Å². The molecule has 0 bridgehead atoms. The molecule has 166 valence electrons. The third-order valence-electron chi connectivity index (χ3n) is 6.28. The van der Waals surface area contributed by atoms with Crippen LogP contribution in [0.5, 0.6) is 0 Å². The molecule has 5 nitrogen and oxygen atoms in total. The average molecular weight is 449 g/mol. The van der Waals surface area contributed by atoms with Crippen LogP contribution in [0.2, 0.25) is 0 Å². The van der Waals surface area contributed by atoms with E-state index in [9.17, 15) is 13.2 Å². The maximum atomic E-state index is 13.3. The lowest BCUT2D eigenvalue weighted by Gasteiger charge is -2.30. The minimum atomic E-state index is -3.75. The van der Waals surface area contributed by atoms with Gasteiger partial charge in [-0.1, -0.05) is 24.3 Å². The van der Waals surface area contributed by atoms with Gasteiger partial charge in [-0.05, 0) is 98.7 Å². The normalized spacial score (nSPS) is 13.6. The number of rotatable bonds is 4. The molecule has 1 amide bonds. The third kappa shape index (κ3) is 4.02. The van der Waals surface area contributed by atoms with E-state index in [-0.39, 0.29) is 5.91 Å². The molecule has 32 heavy (non-hydrogen) atoms. The Kier molecular flexibility index (Phi) is 5.82. The number of nitrogens with one attached hydrogen (secondary N) is 1. The molecule has 1 N–H and O–H groups in total. The van der Waals surface area contributed by atoms with Crippen molar-refractivity contribution in [3.05, 3.63) is 88.0 Å². The molecule has 0 radical (unpaired) electrons. The number of carbonyl (C=O) groups is 1. The van der Waals surface area contributed by atoms with Crippen LogP contribution >= 0.6 is 0 Å². The van der Waals surface area contributed by atoms with Crippen molar-refractivity contribution in [2.45, 2.75) is 45.4 Å². The first-order valence-corrected chi connectivity index (χ1v) is 12.3. The molecule has 0 unspecified atom stereocenters. The van der Waals surface area contributed by atoms with Crippen LogP contribution in [0.1, 0.15) is 44.6 Å². The van der Waals surface area contributed by atoms with Gasteiger partial charge in [0, 0.05) is 23.5 Å². The second kappa shape index (κ2) is 8.43. The molecule has 0 saturated carbocycles. The van der Waals surface area contributed by atoms with Crippen molar-refractivity contribution in [2.24, 2.45) is 0 Å². The van der Waals surface area contributed by atoms with Crippen LogP contribution in [0.25, 0.3) is 0 Å². The number of fused-ring (bicyclic) bond motifs is 1. The van der Waals surface area contributed by atoms with Crippen LogP contribution in [-0.2, 0) is 16.4 Å². The van der Waals surface area contributed by atoms with Gasteiger partial charge in [-0.15, -0.1) is 0 Å². The van der Waals surface area contributed by atoms with Gasteiger partial charge in [0.15, 0.2) is 0 Å². The molecular weight excluding hydrogens is 420 g/mol. The number of benzene rings is 3. The number of carbonyl (C=O) groups excluding carboxylic acids is 1. The molecular formula is C26H28N2O3S. The van der Waals surface area contributed by atoms with E-state index in [0.29, 0.717) is 22.7 Å². The zero-order valence-corrected chi connectivity index (χ0v) is 19.7. The van der Waals surface area contributed by atoms with Crippen LogP contribution in [0.15, 0.2) is 59.5 Å². The van der Waals surface area contributed by atoms with Crippen LogP contribution in [-0.4, -0.2) is 20.9 Å². The molecule has 1 aliphatic heterocycles. The van der Waals surface area contributed by atoms with E-state index in [1.165, 1.54) is 0 Å². The molecule has 4 rings (SSSR count). The molecule has 3 aromatic rings. The molecule has 0 aliphatic carbocycles. The largest absolute Gasteiger partial charge is 0.308 e. The van der Waals surface area contributed by atoms with Gasteiger partial charge >= 0.3 is 0 Å². The summed E-state index contributed by atoms with van der Waals surface area (Å²) in [5.41, 5.74) is 6.39. The zero-order valence-electron chi connectivity index (χ0n) is 18.9. The summed E-state index contributed by atoms with van der Waals surface area (Å²) in [5, 5.41) is 0. The predicted molar refractivity (Wildman–Crippen MR) is 129 cm³/mol. The van der Waals surface area contributed by atoms with Crippen molar-refractivity contribution >= 4 is 27.3 Å². The SMILES string of the molecule is Cc1cc(C)c(C)c(S(=O)(=O)Nc2ccc3c(c2)CCCN3C(=O)c2ccccc2)c1C. The Balaban J connectivity index is 1.66. The second-order valence-corrected chi connectivity index (χ2v) is 10.1. The number of nitrogens with zero attached hydrogens (tertiary/aromatic N) is 1. The second-order valence-electron chi connectivity index (χ2n) is 8.46. The Bertz CT molecular complexity index is 1270. The number of hydrogen-bond acceptors (Lipinski definition) is 3. The predicted octanol–water partition coefficient (Wildman–Crippen LogP) is 5.31. The lowest BCUT2D eigenvalue weighted by molar-refractivity contribution is 0.0985. The summed E-state index contributed by atoms with van der Waals surface area (Å²) in [5.74, 6) is -0.0404. The molecule has 3 aromatic carbocycles. The number of aryl methyl sites for hydroxylation is 3. The Morgan fingerprint density at radius 3 is 2.22 bits per heavy atom. The van der Waals surface area contributed by atoms with Crippen molar-refractivity contribution in [3.63, 3.8) is 0 Å². The van der Waals surface area contributed by atoms with Crippen LogP contribution in [0.3, 0.4) is 0 Å². The van der Waals surface area contributed by atoms with Gasteiger partial charge in [-0.2, -0.15) is 0 Å². The number of sulfonamides is 1. The first kappa shape index (κ1) is 22.1. The van der Waals surface area contributed by atoms with Gasteiger partial charge in [0.1, 0.15) is 0 Å². The summed E-state index contributed by atoms with van der Waals surface area (Å²) in [7, 11) is -3.75. The van der Waals surface area contributed by atoms with E-state index in [1.54, 1.807) is 11.0 Å². The van der Waals surface area contributed by atoms with Crippen LogP contribution in [0, 0.1) is 27.7 Å². The van der Waals surface area contributed by atoms with Crippen molar-refractivity contribution in [1.82, 2.24) is 0 Å². The Labute approximate surface area is 190 Å². The van der Waals surface area contributed by atoms with E-state index in [4.69, 9.17) is 0 Å². The minimum absolute atomic E-state index is 0.0404. The van der Waals surface area contributed by atoms with Crippen molar-refractivity contribution in [2.75, 3.05) is 16.2 Å². The highest BCUT2D eigenvalue weighted by molar-refractivity contribution is 7.92. The quantitative estimate of drug-likeness (QED) is 0.588. The molecule has 0 spiro atoms. The van der Waals surface area contributed by atoms with Gasteiger partial charge in [-0.3, -0.25) is 9.52 Å². The molecule has 1 heterocycles. The lowest BCUT2D eigenvalue weighted by Crippen LogP contribution is -2.35. The van der Waals surface area contributed by atoms with E-state index in [0.717, 1.165) is 46.3 Å². The summed E-state index contributed by atoms with van der Waals surface area (Å²) in [6.07, 6.45) is 1.63. The van der Waals surface area contributed by atoms with Gasteiger partial charge in [0.2, 0.25) is 0 Å². The first-order valence-electron chi connectivity index (χ1n) is 10.8. The topological polar surface area (TPSA) is 66.5 Å². The fourth-order valence-corrected chi connectivity index (χ4v) is 6.07. The van der Waals surface area contributed by atoms with Crippen LogP contribution < -0.4 is 9.62 Å². The standard InChI is InChI=1S/C26H28N2O3S/c1-17-15-18(2)20(4)25(19(17)3)32(30,31)27-23-12-13-24-22(16-23)11-8-14-28(24)26(29)21-9-6-5-7-10-21/h5-7,9-10,12-13,15-16,27H,8,11,14H2,1-4H3. The summed E-state index contributed by atoms with van der Waals surface area (Å²) >= 11 is 0. The molecule has 6 heteroatoms. The Morgan fingerprint density at radius 2 is 1.56 bits per heavy atom. The average Bonchev–Trinajstić information content (AvgIpc) is 2.77. The lowest BCUT2D eigenvalue weighted by atomic mass is 10.00. The zero-order chi connectivity index (χ0) is 23.0. The van der Waals surface area contributed by atoms with Gasteiger partial charge in [0.05, 0.1) is 4.90 Å². The van der Waals surface area contributed by atoms with Crippen LogP contribution in [0.4, 0.5) is 11.4 Å². The molecule has 0 atom stereocenters. The van der Waals surface area contributed by atoms with Gasteiger partial charge < -0.3 is 4.90 Å². The van der Waals surface area contributed by atoms with Crippen molar-refractivity contribution in [1.29, 1.82) is 0 Å². The van der Waals surface area contributed by atoms with Crippen molar-refractivity contribution < 1.29 is 13.2 Å². The summed E-state index contributed by atoms with van der Waals surface area (Å²) in [6, 6.07) is 16.7. The maximum Gasteiger partial charge on any atom is 0.262 e. The van der Waals surface area contributed by atoms with E-state index >= 15 is 0 Å². The number of amides is 1. The fraction of sp³-hybridized carbons (Fsp3) is 0.269. The van der Waals surface area contributed by atoms with Gasteiger partial charge in [-0.25, -0.2) is 8.42 Å². The summed E-state index contributed by atoms with van der Waals surface area (Å²) in [6.45, 7) is 8.19. The number of hydrogen-bond donors (Lipinski definition) is 1. The molecule has 0 fully saturated rings. The molecule has 1 aliphatic rings. The third-order valence-corrected chi connectivity index (χ3v) is 7.94. The molecule has 0 aromatic heterocycles.